The normalized spacial score (nSPS) is 22.5. The standard InChI is InChI=1S/C21H30N2O3/c1-3-26-17-8-6-7-15(13-17)14-23(16-11-12-16)21(25)19-10-5-4-9-18(19)20(24)22-2/h6-8,13,16,18-19H,3-5,9-12,14H2,1-2H3,(H,22,24)/t18-,19+/m1/s1. The molecule has 5 heteroatoms. The highest BCUT2D eigenvalue weighted by Gasteiger charge is 2.41. The summed E-state index contributed by atoms with van der Waals surface area (Å²) in [6.45, 7) is 3.20. The number of rotatable bonds is 7. The zero-order valence-corrected chi connectivity index (χ0v) is 15.9. The third-order valence-corrected chi connectivity index (χ3v) is 5.50. The number of carbonyl (C=O) groups excluding carboxylic acids is 2. The summed E-state index contributed by atoms with van der Waals surface area (Å²) < 4.78 is 5.59. The topological polar surface area (TPSA) is 58.6 Å². The molecule has 5 nitrogen and oxygen atoms in total. The molecule has 0 aromatic heterocycles. The van der Waals surface area contributed by atoms with Gasteiger partial charge in [-0.1, -0.05) is 25.0 Å². The van der Waals surface area contributed by atoms with Crippen LogP contribution in [-0.4, -0.2) is 36.4 Å². The molecule has 2 fully saturated rings. The van der Waals surface area contributed by atoms with Crippen LogP contribution in [-0.2, 0) is 16.1 Å². The molecule has 0 unspecified atom stereocenters. The van der Waals surface area contributed by atoms with Gasteiger partial charge in [-0.2, -0.15) is 0 Å². The van der Waals surface area contributed by atoms with E-state index in [1.807, 2.05) is 36.1 Å². The number of nitrogens with one attached hydrogen (secondary N) is 1. The predicted molar refractivity (Wildman–Crippen MR) is 101 cm³/mol. The first-order valence-electron chi connectivity index (χ1n) is 9.87. The molecular weight excluding hydrogens is 328 g/mol. The van der Waals surface area contributed by atoms with Gasteiger partial charge in [-0.15, -0.1) is 0 Å². The molecule has 0 radical (unpaired) electrons. The van der Waals surface area contributed by atoms with E-state index in [0.717, 1.165) is 49.8 Å². The summed E-state index contributed by atoms with van der Waals surface area (Å²) in [5, 5.41) is 2.75. The van der Waals surface area contributed by atoms with Gasteiger partial charge >= 0.3 is 0 Å². The van der Waals surface area contributed by atoms with E-state index in [2.05, 4.69) is 5.32 Å². The number of benzene rings is 1. The largest absolute Gasteiger partial charge is 0.494 e. The number of amides is 2. The van der Waals surface area contributed by atoms with E-state index < -0.39 is 0 Å². The summed E-state index contributed by atoms with van der Waals surface area (Å²) in [4.78, 5) is 27.6. The van der Waals surface area contributed by atoms with Crippen LogP contribution in [0.4, 0.5) is 0 Å². The number of hydrogen-bond donors (Lipinski definition) is 1. The van der Waals surface area contributed by atoms with Crippen LogP contribution in [0.3, 0.4) is 0 Å². The van der Waals surface area contributed by atoms with E-state index >= 15 is 0 Å². The molecule has 1 aromatic rings. The minimum atomic E-state index is -0.183. The van der Waals surface area contributed by atoms with Gasteiger partial charge in [-0.05, 0) is 50.3 Å². The van der Waals surface area contributed by atoms with Gasteiger partial charge < -0.3 is 15.0 Å². The summed E-state index contributed by atoms with van der Waals surface area (Å²) >= 11 is 0. The van der Waals surface area contributed by atoms with Crippen molar-refractivity contribution in [1.29, 1.82) is 0 Å². The van der Waals surface area contributed by atoms with E-state index in [9.17, 15) is 9.59 Å². The molecule has 0 spiro atoms. The van der Waals surface area contributed by atoms with E-state index in [0.29, 0.717) is 19.2 Å². The SMILES string of the molecule is CCOc1cccc(CN(C(=O)[C@H]2CCCC[C@H]2C(=O)NC)C2CC2)c1. The van der Waals surface area contributed by atoms with Crippen molar-refractivity contribution in [2.24, 2.45) is 11.8 Å². The summed E-state index contributed by atoms with van der Waals surface area (Å²) in [6.07, 6.45) is 5.82. The van der Waals surface area contributed by atoms with Crippen molar-refractivity contribution in [3.63, 3.8) is 0 Å². The summed E-state index contributed by atoms with van der Waals surface area (Å²) in [6, 6.07) is 8.31. The second kappa shape index (κ2) is 8.56. The number of carbonyl (C=O) groups is 2. The molecule has 2 aliphatic rings. The molecule has 26 heavy (non-hydrogen) atoms. The second-order valence-electron chi connectivity index (χ2n) is 7.39. The fourth-order valence-electron chi connectivity index (χ4n) is 4.01. The zero-order chi connectivity index (χ0) is 18.5. The molecule has 2 atom stereocenters. The lowest BCUT2D eigenvalue weighted by atomic mass is 9.77. The van der Waals surface area contributed by atoms with Gasteiger partial charge in [0.15, 0.2) is 0 Å². The summed E-state index contributed by atoms with van der Waals surface area (Å²) in [7, 11) is 1.66. The van der Waals surface area contributed by atoms with Crippen LogP contribution in [0.1, 0.15) is 51.0 Å². The molecule has 2 amide bonds. The molecule has 0 bridgehead atoms. The molecule has 1 aromatic carbocycles. The average molecular weight is 358 g/mol. The van der Waals surface area contributed by atoms with Crippen molar-refractivity contribution in [3.8, 4) is 5.75 Å². The van der Waals surface area contributed by atoms with Crippen molar-refractivity contribution >= 4 is 11.8 Å². The van der Waals surface area contributed by atoms with Gasteiger partial charge in [0.2, 0.25) is 11.8 Å². The number of nitrogens with zero attached hydrogens (tertiary/aromatic N) is 1. The monoisotopic (exact) mass is 358 g/mol. The highest BCUT2D eigenvalue weighted by atomic mass is 16.5. The molecular formula is C21H30N2O3. The summed E-state index contributed by atoms with van der Waals surface area (Å²) in [5.74, 6) is 0.644. The van der Waals surface area contributed by atoms with E-state index in [4.69, 9.17) is 4.74 Å². The van der Waals surface area contributed by atoms with Crippen LogP contribution in [0, 0.1) is 11.8 Å². The molecule has 142 valence electrons. The van der Waals surface area contributed by atoms with Crippen molar-refractivity contribution in [3.05, 3.63) is 29.8 Å². The molecule has 0 heterocycles. The molecule has 2 aliphatic carbocycles. The third kappa shape index (κ3) is 4.37. The van der Waals surface area contributed by atoms with E-state index in [-0.39, 0.29) is 23.7 Å². The minimum absolute atomic E-state index is 0.0112. The maximum atomic E-state index is 13.3. The molecule has 3 rings (SSSR count). The van der Waals surface area contributed by atoms with Gasteiger partial charge in [0, 0.05) is 31.5 Å². The Hall–Kier alpha value is -2.04. The second-order valence-corrected chi connectivity index (χ2v) is 7.39. The zero-order valence-electron chi connectivity index (χ0n) is 15.9. The first kappa shape index (κ1) is 18.7. The van der Waals surface area contributed by atoms with Crippen molar-refractivity contribution in [2.75, 3.05) is 13.7 Å². The first-order chi connectivity index (χ1) is 12.6. The molecule has 2 saturated carbocycles. The van der Waals surface area contributed by atoms with Crippen LogP contribution in [0.25, 0.3) is 0 Å². The Morgan fingerprint density at radius 1 is 1.15 bits per heavy atom. The third-order valence-electron chi connectivity index (χ3n) is 5.50. The molecule has 1 N–H and O–H groups in total. The van der Waals surface area contributed by atoms with Gasteiger partial charge in [-0.25, -0.2) is 0 Å². The highest BCUT2D eigenvalue weighted by Crippen LogP contribution is 2.36. The van der Waals surface area contributed by atoms with Crippen LogP contribution >= 0.6 is 0 Å². The predicted octanol–water partition coefficient (Wildman–Crippen LogP) is 3.13. The maximum absolute atomic E-state index is 13.3. The lowest BCUT2D eigenvalue weighted by Gasteiger charge is -2.34. The quantitative estimate of drug-likeness (QED) is 0.815. The van der Waals surface area contributed by atoms with Gasteiger partial charge in [0.05, 0.1) is 6.61 Å². The lowest BCUT2D eigenvalue weighted by molar-refractivity contribution is -0.144. The average Bonchev–Trinajstić information content (AvgIpc) is 3.50. The van der Waals surface area contributed by atoms with Crippen molar-refractivity contribution in [2.45, 2.75) is 58.0 Å². The van der Waals surface area contributed by atoms with Gasteiger partial charge in [0.1, 0.15) is 5.75 Å². The summed E-state index contributed by atoms with van der Waals surface area (Å²) in [5.41, 5.74) is 1.09. The Bertz CT molecular complexity index is 642. The van der Waals surface area contributed by atoms with Crippen LogP contribution in [0.2, 0.25) is 0 Å². The van der Waals surface area contributed by atoms with Crippen LogP contribution < -0.4 is 10.1 Å². The van der Waals surface area contributed by atoms with Gasteiger partial charge in [0.25, 0.3) is 0 Å². The maximum Gasteiger partial charge on any atom is 0.227 e. The van der Waals surface area contributed by atoms with E-state index in [1.165, 1.54) is 0 Å². The Balaban J connectivity index is 1.75. The number of ether oxygens (including phenoxy) is 1. The fraction of sp³-hybridized carbons (Fsp3) is 0.619. The van der Waals surface area contributed by atoms with Crippen LogP contribution in [0.5, 0.6) is 5.75 Å². The number of hydrogen-bond acceptors (Lipinski definition) is 3. The van der Waals surface area contributed by atoms with Gasteiger partial charge in [-0.3, -0.25) is 9.59 Å². The Morgan fingerprint density at radius 2 is 1.88 bits per heavy atom. The molecule has 0 aliphatic heterocycles. The van der Waals surface area contributed by atoms with Crippen molar-refractivity contribution < 1.29 is 14.3 Å². The fourth-order valence-corrected chi connectivity index (χ4v) is 4.01. The Kier molecular flexibility index (Phi) is 6.17. The molecule has 0 saturated heterocycles. The minimum Gasteiger partial charge on any atom is -0.494 e. The van der Waals surface area contributed by atoms with Crippen LogP contribution in [0.15, 0.2) is 24.3 Å². The lowest BCUT2D eigenvalue weighted by Crippen LogP contribution is -2.45. The Morgan fingerprint density at radius 3 is 2.54 bits per heavy atom. The Labute approximate surface area is 156 Å². The first-order valence-corrected chi connectivity index (χ1v) is 9.87. The smallest absolute Gasteiger partial charge is 0.227 e. The van der Waals surface area contributed by atoms with E-state index in [1.54, 1.807) is 7.05 Å². The van der Waals surface area contributed by atoms with Crippen molar-refractivity contribution in [1.82, 2.24) is 10.2 Å². The highest BCUT2D eigenvalue weighted by molar-refractivity contribution is 5.88.